The highest BCUT2D eigenvalue weighted by molar-refractivity contribution is 9.10. The molecule has 0 atom stereocenters. The van der Waals surface area contributed by atoms with Crippen LogP contribution in [0, 0.1) is 0 Å². The monoisotopic (exact) mass is 387 g/mol. The SMILES string of the molecule is C[Si](C)(C)CCOC(=O)NC1(c2ccc(Br)cc2)CSC1. The van der Waals surface area contributed by atoms with Crippen molar-refractivity contribution in [1.29, 1.82) is 0 Å². The molecule has 116 valence electrons. The van der Waals surface area contributed by atoms with Gasteiger partial charge in [0.05, 0.1) is 12.1 Å². The van der Waals surface area contributed by atoms with Crippen LogP contribution in [0.2, 0.25) is 25.7 Å². The molecule has 0 aromatic heterocycles. The van der Waals surface area contributed by atoms with Gasteiger partial charge in [-0.25, -0.2) is 4.79 Å². The quantitative estimate of drug-likeness (QED) is 0.757. The second-order valence-corrected chi connectivity index (χ2v) is 14.2. The molecule has 0 bridgehead atoms. The topological polar surface area (TPSA) is 38.3 Å². The molecule has 0 radical (unpaired) electrons. The summed E-state index contributed by atoms with van der Waals surface area (Å²) in [6.07, 6.45) is -0.295. The average Bonchev–Trinajstić information content (AvgIpc) is 2.33. The van der Waals surface area contributed by atoms with Crippen LogP contribution >= 0.6 is 27.7 Å². The van der Waals surface area contributed by atoms with Crippen molar-refractivity contribution in [1.82, 2.24) is 5.32 Å². The maximum atomic E-state index is 12.0. The van der Waals surface area contributed by atoms with Gasteiger partial charge in [0.15, 0.2) is 0 Å². The molecule has 0 aliphatic carbocycles. The van der Waals surface area contributed by atoms with Crippen molar-refractivity contribution in [3.63, 3.8) is 0 Å². The second-order valence-electron chi connectivity index (χ2n) is 6.65. The standard InChI is InChI=1S/C15H22BrNO2SSi/c1-21(2,3)9-8-19-14(18)17-15(10-20-11-15)12-4-6-13(16)7-5-12/h4-7H,8-11H2,1-3H3,(H,17,18). The minimum atomic E-state index is -1.16. The van der Waals surface area contributed by atoms with Gasteiger partial charge in [-0.2, -0.15) is 11.8 Å². The van der Waals surface area contributed by atoms with Crippen molar-refractivity contribution in [3.05, 3.63) is 34.3 Å². The molecule has 0 unspecified atom stereocenters. The van der Waals surface area contributed by atoms with Gasteiger partial charge < -0.3 is 10.1 Å². The van der Waals surface area contributed by atoms with E-state index in [4.69, 9.17) is 4.74 Å². The zero-order chi connectivity index (χ0) is 15.5. The fraction of sp³-hybridized carbons (Fsp3) is 0.533. The van der Waals surface area contributed by atoms with Crippen LogP contribution in [0.1, 0.15) is 5.56 Å². The molecule has 1 aromatic carbocycles. The molecule has 0 saturated carbocycles. The summed E-state index contributed by atoms with van der Waals surface area (Å²) in [5, 5.41) is 3.07. The van der Waals surface area contributed by atoms with Crippen LogP contribution in [-0.2, 0) is 10.3 Å². The van der Waals surface area contributed by atoms with Gasteiger partial charge >= 0.3 is 6.09 Å². The number of alkyl carbamates (subject to hydrolysis) is 1. The van der Waals surface area contributed by atoms with E-state index in [1.54, 1.807) is 0 Å². The number of rotatable bonds is 5. The lowest BCUT2D eigenvalue weighted by Crippen LogP contribution is -2.55. The predicted molar refractivity (Wildman–Crippen MR) is 95.8 cm³/mol. The molecule has 3 nitrogen and oxygen atoms in total. The van der Waals surface area contributed by atoms with Crippen molar-refractivity contribution >= 4 is 41.9 Å². The number of nitrogens with one attached hydrogen (secondary N) is 1. The van der Waals surface area contributed by atoms with E-state index in [1.165, 1.54) is 0 Å². The van der Waals surface area contributed by atoms with Crippen LogP contribution in [0.4, 0.5) is 4.79 Å². The summed E-state index contributed by atoms with van der Waals surface area (Å²) in [6, 6.07) is 9.15. The molecule has 1 heterocycles. The predicted octanol–water partition coefficient (Wildman–Crippen LogP) is 4.46. The third-order valence-electron chi connectivity index (χ3n) is 3.52. The average molecular weight is 388 g/mol. The summed E-state index contributed by atoms with van der Waals surface area (Å²) in [7, 11) is -1.16. The minimum absolute atomic E-state index is 0.262. The number of ether oxygens (including phenoxy) is 1. The Morgan fingerprint density at radius 1 is 1.33 bits per heavy atom. The van der Waals surface area contributed by atoms with Crippen molar-refractivity contribution in [2.75, 3.05) is 18.1 Å². The van der Waals surface area contributed by atoms with Gasteiger partial charge in [0.25, 0.3) is 0 Å². The first kappa shape index (κ1) is 16.9. The molecule has 0 spiro atoms. The summed E-state index contributed by atoms with van der Waals surface area (Å²) < 4.78 is 6.41. The fourth-order valence-corrected chi connectivity index (χ4v) is 4.14. The molecule has 1 amide bonds. The Hall–Kier alpha value is -0.463. The molecular formula is C15H22BrNO2SSi. The lowest BCUT2D eigenvalue weighted by atomic mass is 9.93. The van der Waals surface area contributed by atoms with Crippen LogP contribution in [0.15, 0.2) is 28.7 Å². The van der Waals surface area contributed by atoms with Crippen LogP contribution in [0.5, 0.6) is 0 Å². The number of hydrogen-bond acceptors (Lipinski definition) is 3. The Balaban J connectivity index is 1.93. The number of carbonyl (C=O) groups excluding carboxylic acids is 1. The fourth-order valence-electron chi connectivity index (χ4n) is 2.07. The first-order chi connectivity index (χ1) is 9.81. The maximum Gasteiger partial charge on any atom is 0.407 e. The van der Waals surface area contributed by atoms with Crippen molar-refractivity contribution in [3.8, 4) is 0 Å². The zero-order valence-corrected chi connectivity index (χ0v) is 16.1. The Bertz CT molecular complexity index is 497. The smallest absolute Gasteiger partial charge is 0.407 e. The van der Waals surface area contributed by atoms with E-state index in [-0.39, 0.29) is 11.6 Å². The Labute approximate surface area is 140 Å². The summed E-state index contributed by atoms with van der Waals surface area (Å²) in [5.74, 6) is 1.80. The molecule has 1 N–H and O–H groups in total. The van der Waals surface area contributed by atoms with E-state index < -0.39 is 8.07 Å². The van der Waals surface area contributed by atoms with Crippen molar-refractivity contribution in [2.45, 2.75) is 31.2 Å². The highest BCUT2D eigenvalue weighted by Gasteiger charge is 2.41. The van der Waals surface area contributed by atoms with Gasteiger partial charge in [-0.3, -0.25) is 0 Å². The number of carbonyl (C=O) groups is 1. The van der Waals surface area contributed by atoms with Gasteiger partial charge in [-0.15, -0.1) is 0 Å². The molecule has 1 saturated heterocycles. The minimum Gasteiger partial charge on any atom is -0.450 e. The largest absolute Gasteiger partial charge is 0.450 e. The van der Waals surface area contributed by atoms with Gasteiger partial charge in [0, 0.05) is 24.1 Å². The van der Waals surface area contributed by atoms with Gasteiger partial charge in [0.2, 0.25) is 0 Å². The Kier molecular flexibility index (Phi) is 5.43. The normalized spacial score (nSPS) is 17.0. The molecule has 2 rings (SSSR count). The molecule has 1 fully saturated rings. The van der Waals surface area contributed by atoms with Gasteiger partial charge in [-0.05, 0) is 23.7 Å². The number of halogens is 1. The molecule has 1 aromatic rings. The summed E-state index contributed by atoms with van der Waals surface area (Å²) in [5.41, 5.74) is 0.883. The van der Waals surface area contributed by atoms with E-state index >= 15 is 0 Å². The maximum absolute atomic E-state index is 12.0. The first-order valence-electron chi connectivity index (χ1n) is 7.10. The highest BCUT2D eigenvalue weighted by Crippen LogP contribution is 2.39. The zero-order valence-electron chi connectivity index (χ0n) is 12.7. The van der Waals surface area contributed by atoms with E-state index in [2.05, 4.69) is 53.0 Å². The number of amides is 1. The molecule has 1 aliphatic rings. The molecule has 6 heteroatoms. The van der Waals surface area contributed by atoms with Crippen LogP contribution in [0.3, 0.4) is 0 Å². The third kappa shape index (κ3) is 4.76. The molecule has 1 aliphatic heterocycles. The van der Waals surface area contributed by atoms with E-state index in [0.29, 0.717) is 6.61 Å². The Morgan fingerprint density at radius 3 is 2.43 bits per heavy atom. The van der Waals surface area contributed by atoms with Crippen LogP contribution < -0.4 is 5.32 Å². The van der Waals surface area contributed by atoms with Crippen LogP contribution in [-0.4, -0.2) is 32.3 Å². The van der Waals surface area contributed by atoms with Crippen LogP contribution in [0.25, 0.3) is 0 Å². The van der Waals surface area contributed by atoms with Gasteiger partial charge in [0.1, 0.15) is 0 Å². The van der Waals surface area contributed by atoms with E-state index in [1.807, 2.05) is 23.9 Å². The second kappa shape index (κ2) is 6.75. The number of thioether (sulfide) groups is 1. The van der Waals surface area contributed by atoms with Crippen molar-refractivity contribution < 1.29 is 9.53 Å². The van der Waals surface area contributed by atoms with E-state index in [0.717, 1.165) is 27.6 Å². The third-order valence-corrected chi connectivity index (χ3v) is 7.15. The lowest BCUT2D eigenvalue weighted by molar-refractivity contribution is 0.141. The summed E-state index contributed by atoms with van der Waals surface area (Å²) in [4.78, 5) is 12.0. The molecule has 21 heavy (non-hydrogen) atoms. The van der Waals surface area contributed by atoms with E-state index in [9.17, 15) is 4.79 Å². The van der Waals surface area contributed by atoms with Crippen molar-refractivity contribution in [2.24, 2.45) is 0 Å². The van der Waals surface area contributed by atoms with Gasteiger partial charge in [-0.1, -0.05) is 47.7 Å². The number of hydrogen-bond donors (Lipinski definition) is 1. The highest BCUT2D eigenvalue weighted by atomic mass is 79.9. The number of benzene rings is 1. The Morgan fingerprint density at radius 2 is 1.95 bits per heavy atom. The summed E-state index contributed by atoms with van der Waals surface area (Å²) in [6.45, 7) is 7.35. The first-order valence-corrected chi connectivity index (χ1v) is 12.8. The molecular weight excluding hydrogens is 366 g/mol. The summed E-state index contributed by atoms with van der Waals surface area (Å²) >= 11 is 5.28. The lowest BCUT2D eigenvalue weighted by Gasteiger charge is -2.41.